The predicted molar refractivity (Wildman–Crippen MR) is 108 cm³/mol. The number of rotatable bonds is 6. The molecule has 1 heterocycles. The molecule has 0 bridgehead atoms. The molecule has 26 heavy (non-hydrogen) atoms. The molecule has 0 saturated heterocycles. The Balaban J connectivity index is 1.73. The van der Waals surface area contributed by atoms with Crippen LogP contribution in [-0.2, 0) is 0 Å². The van der Waals surface area contributed by atoms with Crippen molar-refractivity contribution in [2.75, 3.05) is 27.2 Å². The highest BCUT2D eigenvalue weighted by molar-refractivity contribution is 6.08. The van der Waals surface area contributed by atoms with Crippen molar-refractivity contribution in [1.82, 2.24) is 14.9 Å². The van der Waals surface area contributed by atoms with Gasteiger partial charge in [0, 0.05) is 16.8 Å². The molecule has 0 spiro atoms. The van der Waals surface area contributed by atoms with E-state index < -0.39 is 0 Å². The molecule has 4 nitrogen and oxygen atoms in total. The van der Waals surface area contributed by atoms with Crippen LogP contribution in [0.2, 0.25) is 0 Å². The quantitative estimate of drug-likeness (QED) is 0.289. The Labute approximate surface area is 153 Å². The van der Waals surface area contributed by atoms with Crippen molar-refractivity contribution < 1.29 is 4.74 Å². The minimum atomic E-state index is 0.713. The normalized spacial score (nSPS) is 11.7. The summed E-state index contributed by atoms with van der Waals surface area (Å²) in [5.74, 6) is 0.891. The van der Waals surface area contributed by atoms with Crippen LogP contribution >= 0.6 is 0 Å². The standard InChI is InChI=1S/C22H23N3O/c1-25(2)13-7-8-14-26-21-15-20-22(17-10-4-3-9-16(17)21)24-19-12-6-5-11-18(19)23-20/h3-6,9-12,15H,7-8,13-14H2,1-2H3. The largest absolute Gasteiger partial charge is 0.493 e. The van der Waals surface area contributed by atoms with Crippen molar-refractivity contribution in [3.63, 3.8) is 0 Å². The van der Waals surface area contributed by atoms with E-state index in [0.717, 1.165) is 58.0 Å². The number of nitrogens with zero attached hydrogens (tertiary/aromatic N) is 3. The van der Waals surface area contributed by atoms with E-state index in [4.69, 9.17) is 14.7 Å². The molecule has 0 amide bonds. The maximum atomic E-state index is 6.13. The fourth-order valence-electron chi connectivity index (χ4n) is 3.25. The van der Waals surface area contributed by atoms with Crippen molar-refractivity contribution in [3.05, 3.63) is 54.6 Å². The lowest BCUT2D eigenvalue weighted by Gasteiger charge is -2.13. The third-order valence-electron chi connectivity index (χ3n) is 4.57. The van der Waals surface area contributed by atoms with Gasteiger partial charge in [0.1, 0.15) is 5.75 Å². The molecule has 0 aliphatic heterocycles. The van der Waals surface area contributed by atoms with Crippen molar-refractivity contribution >= 4 is 32.8 Å². The van der Waals surface area contributed by atoms with Crippen molar-refractivity contribution in [2.45, 2.75) is 12.8 Å². The molecule has 0 fully saturated rings. The van der Waals surface area contributed by atoms with Gasteiger partial charge in [-0.05, 0) is 45.6 Å². The minimum absolute atomic E-state index is 0.713. The lowest BCUT2D eigenvalue weighted by molar-refractivity contribution is 0.296. The molecule has 0 aliphatic carbocycles. The summed E-state index contributed by atoms with van der Waals surface area (Å²) in [7, 11) is 4.20. The number of ether oxygens (including phenoxy) is 1. The molecule has 4 heteroatoms. The average Bonchev–Trinajstić information content (AvgIpc) is 2.66. The first-order valence-electron chi connectivity index (χ1n) is 9.08. The molecule has 132 valence electrons. The lowest BCUT2D eigenvalue weighted by atomic mass is 10.1. The first kappa shape index (κ1) is 16.7. The molecule has 0 unspecified atom stereocenters. The fourth-order valence-corrected chi connectivity index (χ4v) is 3.25. The predicted octanol–water partition coefficient (Wildman–Crippen LogP) is 4.66. The van der Waals surface area contributed by atoms with E-state index in [1.807, 2.05) is 42.5 Å². The Kier molecular flexibility index (Phi) is 4.67. The summed E-state index contributed by atoms with van der Waals surface area (Å²) in [6.07, 6.45) is 2.16. The minimum Gasteiger partial charge on any atom is -0.493 e. The van der Waals surface area contributed by atoms with Gasteiger partial charge in [-0.25, -0.2) is 9.97 Å². The average molecular weight is 345 g/mol. The molecule has 0 N–H and O–H groups in total. The van der Waals surface area contributed by atoms with E-state index >= 15 is 0 Å². The van der Waals surface area contributed by atoms with Crippen LogP contribution in [0, 0.1) is 0 Å². The molecule has 0 saturated carbocycles. The number of unbranched alkanes of at least 4 members (excludes halogenated alkanes) is 1. The monoisotopic (exact) mass is 345 g/mol. The Bertz CT molecular complexity index is 1060. The fraction of sp³-hybridized carbons (Fsp3) is 0.273. The second-order valence-electron chi connectivity index (χ2n) is 6.86. The number of benzene rings is 3. The highest BCUT2D eigenvalue weighted by Gasteiger charge is 2.11. The molecule has 0 atom stereocenters. The number of para-hydroxylation sites is 2. The first-order chi connectivity index (χ1) is 12.7. The molecular formula is C22H23N3O. The van der Waals surface area contributed by atoms with Gasteiger partial charge in [-0.1, -0.05) is 36.4 Å². The number of aromatic nitrogens is 2. The summed E-state index contributed by atoms with van der Waals surface area (Å²) in [4.78, 5) is 11.9. The van der Waals surface area contributed by atoms with Gasteiger partial charge in [0.05, 0.1) is 28.7 Å². The van der Waals surface area contributed by atoms with Crippen LogP contribution < -0.4 is 4.74 Å². The maximum Gasteiger partial charge on any atom is 0.129 e. The van der Waals surface area contributed by atoms with Crippen LogP contribution in [0.4, 0.5) is 0 Å². The lowest BCUT2D eigenvalue weighted by Crippen LogP contribution is -2.13. The van der Waals surface area contributed by atoms with Crippen LogP contribution in [0.3, 0.4) is 0 Å². The maximum absolute atomic E-state index is 6.13. The summed E-state index contributed by atoms with van der Waals surface area (Å²) >= 11 is 0. The smallest absolute Gasteiger partial charge is 0.129 e. The molecule has 3 aromatic carbocycles. The number of fused-ring (bicyclic) bond motifs is 4. The number of hydrogen-bond donors (Lipinski definition) is 0. The molecule has 4 aromatic rings. The van der Waals surface area contributed by atoms with Crippen LogP contribution in [0.25, 0.3) is 32.8 Å². The zero-order valence-corrected chi connectivity index (χ0v) is 15.3. The summed E-state index contributed by atoms with van der Waals surface area (Å²) < 4.78 is 6.13. The van der Waals surface area contributed by atoms with Gasteiger partial charge < -0.3 is 9.64 Å². The zero-order valence-electron chi connectivity index (χ0n) is 15.3. The van der Waals surface area contributed by atoms with Gasteiger partial charge in [0.25, 0.3) is 0 Å². The van der Waals surface area contributed by atoms with Crippen LogP contribution in [0.5, 0.6) is 5.75 Å². The Morgan fingerprint density at radius 1 is 0.808 bits per heavy atom. The third kappa shape index (κ3) is 3.33. The van der Waals surface area contributed by atoms with Crippen LogP contribution in [0.1, 0.15) is 12.8 Å². The van der Waals surface area contributed by atoms with Crippen LogP contribution in [0.15, 0.2) is 54.6 Å². The van der Waals surface area contributed by atoms with Crippen molar-refractivity contribution in [1.29, 1.82) is 0 Å². The van der Waals surface area contributed by atoms with E-state index in [2.05, 4.69) is 31.1 Å². The molecule has 0 radical (unpaired) electrons. The van der Waals surface area contributed by atoms with Crippen molar-refractivity contribution in [2.24, 2.45) is 0 Å². The molecule has 4 rings (SSSR count). The number of hydrogen-bond acceptors (Lipinski definition) is 4. The highest BCUT2D eigenvalue weighted by atomic mass is 16.5. The molecule has 1 aromatic heterocycles. The highest BCUT2D eigenvalue weighted by Crippen LogP contribution is 2.32. The summed E-state index contributed by atoms with van der Waals surface area (Å²) in [5, 5.41) is 2.18. The molecular weight excluding hydrogens is 322 g/mol. The van der Waals surface area contributed by atoms with Gasteiger partial charge in [-0.2, -0.15) is 0 Å². The van der Waals surface area contributed by atoms with Gasteiger partial charge in [-0.15, -0.1) is 0 Å². The summed E-state index contributed by atoms with van der Waals surface area (Å²) in [5.41, 5.74) is 3.64. The van der Waals surface area contributed by atoms with Gasteiger partial charge in [-0.3, -0.25) is 0 Å². The second kappa shape index (κ2) is 7.26. The Morgan fingerprint density at radius 3 is 2.27 bits per heavy atom. The van der Waals surface area contributed by atoms with Gasteiger partial charge in [0.2, 0.25) is 0 Å². The SMILES string of the molecule is CN(C)CCCCOc1cc2nc3ccccc3nc2c2ccccc12. The van der Waals surface area contributed by atoms with Crippen LogP contribution in [-0.4, -0.2) is 42.1 Å². The van der Waals surface area contributed by atoms with E-state index in [9.17, 15) is 0 Å². The van der Waals surface area contributed by atoms with Gasteiger partial charge in [0.15, 0.2) is 0 Å². The second-order valence-corrected chi connectivity index (χ2v) is 6.86. The Hall–Kier alpha value is -2.72. The topological polar surface area (TPSA) is 38.2 Å². The zero-order chi connectivity index (χ0) is 17.9. The molecule has 0 aliphatic rings. The van der Waals surface area contributed by atoms with Crippen molar-refractivity contribution in [3.8, 4) is 5.75 Å². The summed E-state index contributed by atoms with van der Waals surface area (Å²) in [6, 6.07) is 18.3. The van der Waals surface area contributed by atoms with E-state index in [1.165, 1.54) is 0 Å². The third-order valence-corrected chi connectivity index (χ3v) is 4.57. The van der Waals surface area contributed by atoms with E-state index in [-0.39, 0.29) is 0 Å². The first-order valence-corrected chi connectivity index (χ1v) is 9.08. The van der Waals surface area contributed by atoms with Gasteiger partial charge >= 0.3 is 0 Å². The van der Waals surface area contributed by atoms with E-state index in [0.29, 0.717) is 6.61 Å². The van der Waals surface area contributed by atoms with E-state index in [1.54, 1.807) is 0 Å². The Morgan fingerprint density at radius 2 is 1.50 bits per heavy atom. The summed E-state index contributed by atoms with van der Waals surface area (Å²) in [6.45, 7) is 1.80.